The van der Waals surface area contributed by atoms with Crippen molar-refractivity contribution in [2.45, 2.75) is 30.6 Å². The number of anilines is 1. The number of nitrogens with one attached hydrogen (secondary N) is 1. The predicted molar refractivity (Wildman–Crippen MR) is 97.7 cm³/mol. The van der Waals surface area contributed by atoms with Gasteiger partial charge in [0.1, 0.15) is 11.6 Å². The van der Waals surface area contributed by atoms with Crippen LogP contribution < -0.4 is 5.32 Å². The second kappa shape index (κ2) is 8.14. The zero-order chi connectivity index (χ0) is 19.4. The number of amides is 1. The maximum atomic E-state index is 13.6. The smallest absolute Gasteiger partial charge is 0.243 e. The van der Waals surface area contributed by atoms with Gasteiger partial charge in [0.05, 0.1) is 17.0 Å². The molecule has 27 heavy (non-hydrogen) atoms. The summed E-state index contributed by atoms with van der Waals surface area (Å²) in [6, 6.07) is 8.98. The van der Waals surface area contributed by atoms with Crippen molar-refractivity contribution in [1.29, 1.82) is 0 Å². The van der Waals surface area contributed by atoms with Crippen LogP contribution in [0.2, 0.25) is 0 Å². The van der Waals surface area contributed by atoms with Gasteiger partial charge < -0.3 is 5.32 Å². The molecule has 0 atom stereocenters. The first kappa shape index (κ1) is 19.4. The number of nitrogens with zero attached hydrogens (tertiary/aromatic N) is 1. The van der Waals surface area contributed by atoms with Crippen molar-refractivity contribution in [3.05, 3.63) is 59.7 Å². The summed E-state index contributed by atoms with van der Waals surface area (Å²) in [5.74, 6) is -2.06. The van der Waals surface area contributed by atoms with Crippen LogP contribution in [-0.4, -0.2) is 31.7 Å². The minimum Gasteiger partial charge on any atom is -0.323 e. The van der Waals surface area contributed by atoms with E-state index >= 15 is 0 Å². The Labute approximate surface area is 157 Å². The Bertz CT molecular complexity index is 924. The number of piperidine rings is 1. The highest BCUT2D eigenvalue weighted by Crippen LogP contribution is 2.21. The van der Waals surface area contributed by atoms with Gasteiger partial charge in [0.15, 0.2) is 0 Å². The molecule has 0 unspecified atom stereocenters. The van der Waals surface area contributed by atoms with E-state index in [1.54, 1.807) is 12.1 Å². The lowest BCUT2D eigenvalue weighted by molar-refractivity contribution is -0.115. The normalized spacial score (nSPS) is 15.5. The first-order valence-electron chi connectivity index (χ1n) is 8.70. The van der Waals surface area contributed by atoms with E-state index < -0.39 is 27.6 Å². The number of rotatable bonds is 5. The number of hydrogen-bond acceptors (Lipinski definition) is 3. The minimum absolute atomic E-state index is 0.0547. The Morgan fingerprint density at radius 1 is 1.00 bits per heavy atom. The summed E-state index contributed by atoms with van der Waals surface area (Å²) in [7, 11) is -3.52. The van der Waals surface area contributed by atoms with Gasteiger partial charge in [0.25, 0.3) is 0 Å². The lowest BCUT2D eigenvalue weighted by Crippen LogP contribution is -2.35. The lowest BCUT2D eigenvalue weighted by atomic mass is 10.1. The third kappa shape index (κ3) is 4.70. The Hall–Kier alpha value is -2.32. The summed E-state index contributed by atoms with van der Waals surface area (Å²) < 4.78 is 53.2. The molecule has 5 nitrogen and oxygen atoms in total. The fraction of sp³-hybridized carbons (Fsp3) is 0.316. The second-order valence-electron chi connectivity index (χ2n) is 6.46. The van der Waals surface area contributed by atoms with Crippen LogP contribution in [0.4, 0.5) is 14.5 Å². The first-order valence-corrected chi connectivity index (χ1v) is 10.1. The van der Waals surface area contributed by atoms with Gasteiger partial charge in [-0.3, -0.25) is 4.79 Å². The zero-order valence-corrected chi connectivity index (χ0v) is 15.4. The average molecular weight is 394 g/mol. The summed E-state index contributed by atoms with van der Waals surface area (Å²) in [6.07, 6.45) is 2.70. The SMILES string of the molecule is O=C(Cc1ccc(S(=O)(=O)N2CCCCC2)cc1)Nc1ccc(F)cc1F. The summed E-state index contributed by atoms with van der Waals surface area (Å²) in [6.45, 7) is 1.05. The number of carbonyl (C=O) groups is 1. The van der Waals surface area contributed by atoms with Crippen LogP contribution in [0.15, 0.2) is 47.4 Å². The Kier molecular flexibility index (Phi) is 5.86. The summed E-state index contributed by atoms with van der Waals surface area (Å²) >= 11 is 0. The van der Waals surface area contributed by atoms with Gasteiger partial charge in [-0.25, -0.2) is 17.2 Å². The van der Waals surface area contributed by atoms with Crippen LogP contribution in [0, 0.1) is 11.6 Å². The Morgan fingerprint density at radius 2 is 1.67 bits per heavy atom. The van der Waals surface area contributed by atoms with E-state index in [1.165, 1.54) is 16.4 Å². The molecular weight excluding hydrogens is 374 g/mol. The molecule has 144 valence electrons. The van der Waals surface area contributed by atoms with E-state index in [-0.39, 0.29) is 17.0 Å². The molecule has 2 aromatic rings. The molecule has 0 radical (unpaired) electrons. The highest BCUT2D eigenvalue weighted by Gasteiger charge is 2.25. The molecule has 0 spiro atoms. The molecule has 1 heterocycles. The van der Waals surface area contributed by atoms with Crippen molar-refractivity contribution in [3.63, 3.8) is 0 Å². The monoisotopic (exact) mass is 394 g/mol. The summed E-state index contributed by atoms with van der Waals surface area (Å²) in [5, 5.41) is 2.38. The molecule has 3 rings (SSSR count). The molecule has 1 N–H and O–H groups in total. The van der Waals surface area contributed by atoms with Gasteiger partial charge in [0, 0.05) is 19.2 Å². The molecule has 0 saturated carbocycles. The van der Waals surface area contributed by atoms with E-state index in [4.69, 9.17) is 0 Å². The van der Waals surface area contributed by atoms with E-state index in [0.29, 0.717) is 24.7 Å². The van der Waals surface area contributed by atoms with Gasteiger partial charge in [0.2, 0.25) is 15.9 Å². The van der Waals surface area contributed by atoms with Gasteiger partial charge >= 0.3 is 0 Å². The van der Waals surface area contributed by atoms with Crippen molar-refractivity contribution in [3.8, 4) is 0 Å². The quantitative estimate of drug-likeness (QED) is 0.846. The van der Waals surface area contributed by atoms with Crippen LogP contribution in [0.3, 0.4) is 0 Å². The first-order chi connectivity index (χ1) is 12.9. The summed E-state index contributed by atoms with van der Waals surface area (Å²) in [4.78, 5) is 12.2. The van der Waals surface area contributed by atoms with Crippen molar-refractivity contribution in [2.24, 2.45) is 0 Å². The van der Waals surface area contributed by atoms with Crippen LogP contribution in [0.1, 0.15) is 24.8 Å². The molecule has 0 aliphatic carbocycles. The number of benzene rings is 2. The number of sulfonamides is 1. The highest BCUT2D eigenvalue weighted by molar-refractivity contribution is 7.89. The van der Waals surface area contributed by atoms with E-state index in [0.717, 1.165) is 31.4 Å². The largest absolute Gasteiger partial charge is 0.323 e. The predicted octanol–water partition coefficient (Wildman–Crippen LogP) is 3.32. The molecule has 8 heteroatoms. The van der Waals surface area contributed by atoms with Gasteiger partial charge in [-0.05, 0) is 42.7 Å². The van der Waals surface area contributed by atoms with Crippen LogP contribution in [-0.2, 0) is 21.2 Å². The second-order valence-corrected chi connectivity index (χ2v) is 8.40. The molecule has 1 saturated heterocycles. The van der Waals surface area contributed by atoms with E-state index in [2.05, 4.69) is 5.32 Å². The van der Waals surface area contributed by atoms with Crippen molar-refractivity contribution in [2.75, 3.05) is 18.4 Å². The van der Waals surface area contributed by atoms with Crippen molar-refractivity contribution >= 4 is 21.6 Å². The maximum Gasteiger partial charge on any atom is 0.243 e. The molecule has 1 amide bonds. The fourth-order valence-electron chi connectivity index (χ4n) is 3.00. The van der Waals surface area contributed by atoms with Crippen LogP contribution >= 0.6 is 0 Å². The van der Waals surface area contributed by atoms with Crippen LogP contribution in [0.25, 0.3) is 0 Å². The lowest BCUT2D eigenvalue weighted by Gasteiger charge is -2.25. The average Bonchev–Trinajstić information content (AvgIpc) is 2.65. The van der Waals surface area contributed by atoms with Gasteiger partial charge in [-0.15, -0.1) is 0 Å². The molecule has 0 aromatic heterocycles. The number of carbonyl (C=O) groups excluding carboxylic acids is 1. The van der Waals surface area contributed by atoms with Gasteiger partial charge in [-0.2, -0.15) is 4.31 Å². The van der Waals surface area contributed by atoms with Crippen LogP contribution in [0.5, 0.6) is 0 Å². The third-order valence-corrected chi connectivity index (χ3v) is 6.36. The molecule has 1 aliphatic heterocycles. The summed E-state index contributed by atoms with van der Waals surface area (Å²) in [5.41, 5.74) is 0.485. The standard InChI is InChI=1S/C19H20F2N2O3S/c20-15-6-9-18(17(21)13-15)22-19(24)12-14-4-7-16(8-5-14)27(25,26)23-10-2-1-3-11-23/h4-9,13H,1-3,10-12H2,(H,22,24). The van der Waals surface area contributed by atoms with Gasteiger partial charge in [-0.1, -0.05) is 18.6 Å². The number of halogens is 2. The minimum atomic E-state index is -3.52. The molecule has 0 bridgehead atoms. The van der Waals surface area contributed by atoms with Crippen molar-refractivity contribution < 1.29 is 22.0 Å². The molecule has 2 aromatic carbocycles. The topological polar surface area (TPSA) is 66.5 Å². The molecule has 1 fully saturated rings. The fourth-order valence-corrected chi connectivity index (χ4v) is 4.52. The Morgan fingerprint density at radius 3 is 2.30 bits per heavy atom. The third-order valence-electron chi connectivity index (χ3n) is 4.45. The highest BCUT2D eigenvalue weighted by atomic mass is 32.2. The van der Waals surface area contributed by atoms with E-state index in [1.807, 2.05) is 0 Å². The Balaban J connectivity index is 1.65. The molecule has 1 aliphatic rings. The van der Waals surface area contributed by atoms with Crippen molar-refractivity contribution in [1.82, 2.24) is 4.31 Å². The maximum absolute atomic E-state index is 13.6. The van der Waals surface area contributed by atoms with E-state index in [9.17, 15) is 22.0 Å². The zero-order valence-electron chi connectivity index (χ0n) is 14.6. The molecular formula is C19H20F2N2O3S. The number of hydrogen-bond donors (Lipinski definition) is 1.